The fourth-order valence-electron chi connectivity index (χ4n) is 3.79. The van der Waals surface area contributed by atoms with Crippen LogP contribution in [0.4, 0.5) is 11.4 Å². The van der Waals surface area contributed by atoms with Crippen LogP contribution in [0.15, 0.2) is 58.3 Å². The van der Waals surface area contributed by atoms with Gasteiger partial charge in [-0.15, -0.1) is 0 Å². The van der Waals surface area contributed by atoms with Crippen molar-refractivity contribution in [1.29, 1.82) is 0 Å². The maximum atomic E-state index is 13.0. The Morgan fingerprint density at radius 1 is 1.21 bits per heavy atom. The van der Waals surface area contributed by atoms with E-state index in [1.165, 1.54) is 11.0 Å². The van der Waals surface area contributed by atoms with Crippen molar-refractivity contribution in [2.24, 2.45) is 10.7 Å². The quantitative estimate of drug-likeness (QED) is 0.352. The second-order valence-corrected chi connectivity index (χ2v) is 7.61. The summed E-state index contributed by atoms with van der Waals surface area (Å²) in [6.45, 7) is 0.0457. The fraction of sp³-hybridized carbons (Fsp3) is 0.217. The van der Waals surface area contributed by atoms with Gasteiger partial charge in [-0.1, -0.05) is 6.07 Å². The Morgan fingerprint density at radius 2 is 2.03 bits per heavy atom. The first-order valence-electron chi connectivity index (χ1n) is 10.3. The van der Waals surface area contributed by atoms with Crippen molar-refractivity contribution in [1.82, 2.24) is 4.98 Å². The molecule has 2 amide bonds. The highest BCUT2D eigenvalue weighted by Gasteiger charge is 2.25. The summed E-state index contributed by atoms with van der Waals surface area (Å²) in [5.41, 5.74) is 8.60. The zero-order chi connectivity index (χ0) is 23.5. The molecule has 1 aliphatic heterocycles. The molecule has 0 aliphatic carbocycles. The number of nitrogens with two attached hydrogens (primary N) is 1. The Balaban J connectivity index is 1.49. The minimum absolute atomic E-state index is 0.0440. The summed E-state index contributed by atoms with van der Waals surface area (Å²) in [5.74, 6) is -0.850. The number of benzene rings is 2. The summed E-state index contributed by atoms with van der Waals surface area (Å²) in [4.78, 5) is 45.2. The van der Waals surface area contributed by atoms with E-state index < -0.39 is 24.3 Å². The van der Waals surface area contributed by atoms with Gasteiger partial charge in [0.2, 0.25) is 11.5 Å². The molecule has 0 radical (unpaired) electrons. The Bertz CT molecular complexity index is 1320. The number of nitrogens with one attached hydrogen (secondary N) is 2. The van der Waals surface area contributed by atoms with E-state index in [4.69, 9.17) is 5.73 Å². The van der Waals surface area contributed by atoms with Crippen LogP contribution in [0.1, 0.15) is 17.5 Å². The number of pyridine rings is 1. The Morgan fingerprint density at radius 3 is 2.82 bits per heavy atom. The number of aromatic amines is 1. The lowest BCUT2D eigenvalue weighted by Gasteiger charge is -2.24. The number of rotatable bonds is 7. The van der Waals surface area contributed by atoms with Crippen molar-refractivity contribution in [3.05, 3.63) is 70.0 Å². The summed E-state index contributed by atoms with van der Waals surface area (Å²) in [6, 6.07) is 13.0. The van der Waals surface area contributed by atoms with Crippen LogP contribution in [0.5, 0.6) is 0 Å². The fourth-order valence-corrected chi connectivity index (χ4v) is 3.79. The van der Waals surface area contributed by atoms with E-state index in [0.717, 1.165) is 11.1 Å². The van der Waals surface area contributed by atoms with E-state index in [0.29, 0.717) is 34.7 Å². The molecular weight excluding hydrogens is 426 g/mol. The highest BCUT2D eigenvalue weighted by Crippen LogP contribution is 2.26. The molecule has 4 rings (SSSR count). The zero-order valence-electron chi connectivity index (χ0n) is 17.6. The molecule has 0 unspecified atom stereocenters. The minimum atomic E-state index is -1.61. The smallest absolute Gasteiger partial charge is 0.253 e. The lowest BCUT2D eigenvalue weighted by molar-refractivity contribution is -0.129. The SMILES string of the molecule is NC1=NCc2cc(NC(=O)[C@H](O)CC(=O)N(CCO)c3cccc4[nH]c(=O)ccc34)ccc21. The molecule has 1 aromatic heterocycles. The summed E-state index contributed by atoms with van der Waals surface area (Å²) in [7, 11) is 0. The third-order valence-electron chi connectivity index (χ3n) is 5.40. The maximum Gasteiger partial charge on any atom is 0.253 e. The van der Waals surface area contributed by atoms with Gasteiger partial charge in [-0.3, -0.25) is 19.4 Å². The number of amides is 2. The molecule has 0 spiro atoms. The lowest BCUT2D eigenvalue weighted by atomic mass is 10.1. The number of hydrogen-bond donors (Lipinski definition) is 5. The molecular formula is C23H23N5O5. The first-order chi connectivity index (χ1) is 15.9. The Labute approximate surface area is 188 Å². The summed E-state index contributed by atoms with van der Waals surface area (Å²) < 4.78 is 0. The van der Waals surface area contributed by atoms with Crippen LogP contribution in [0.3, 0.4) is 0 Å². The number of fused-ring (bicyclic) bond motifs is 2. The number of carbonyl (C=O) groups is 2. The molecule has 0 saturated heterocycles. The minimum Gasteiger partial charge on any atom is -0.395 e. The Kier molecular flexibility index (Phi) is 6.20. The molecule has 170 valence electrons. The van der Waals surface area contributed by atoms with Crippen LogP contribution in [0, 0.1) is 0 Å². The molecule has 10 nitrogen and oxygen atoms in total. The number of aliphatic hydroxyl groups excluding tert-OH is 2. The topological polar surface area (TPSA) is 161 Å². The number of aliphatic hydroxyl groups is 2. The highest BCUT2D eigenvalue weighted by atomic mass is 16.3. The van der Waals surface area contributed by atoms with Crippen LogP contribution in [0.25, 0.3) is 10.9 Å². The first kappa shape index (κ1) is 22.2. The second-order valence-electron chi connectivity index (χ2n) is 7.61. The number of nitrogens with zero attached hydrogens (tertiary/aromatic N) is 2. The van der Waals surface area contributed by atoms with Crippen molar-refractivity contribution in [2.75, 3.05) is 23.4 Å². The molecule has 2 aromatic carbocycles. The van der Waals surface area contributed by atoms with Crippen molar-refractivity contribution in [2.45, 2.75) is 19.1 Å². The van der Waals surface area contributed by atoms with Gasteiger partial charge < -0.3 is 31.1 Å². The highest BCUT2D eigenvalue weighted by molar-refractivity contribution is 6.05. The number of aliphatic imine (C=N–C) groups is 1. The van der Waals surface area contributed by atoms with Crippen molar-refractivity contribution >= 4 is 39.9 Å². The predicted octanol–water partition coefficient (Wildman–Crippen LogP) is 0.462. The lowest BCUT2D eigenvalue weighted by Crippen LogP contribution is -2.39. The molecule has 0 fully saturated rings. The summed E-state index contributed by atoms with van der Waals surface area (Å²) in [6.07, 6.45) is -2.10. The van der Waals surface area contributed by atoms with E-state index in [9.17, 15) is 24.6 Å². The van der Waals surface area contributed by atoms with E-state index in [1.807, 2.05) is 0 Å². The number of anilines is 2. The van der Waals surface area contributed by atoms with Crippen LogP contribution in [0.2, 0.25) is 0 Å². The molecule has 1 atom stereocenters. The Hall–Kier alpha value is -4.02. The molecule has 0 saturated carbocycles. The number of aromatic nitrogens is 1. The third kappa shape index (κ3) is 4.61. The van der Waals surface area contributed by atoms with E-state index in [-0.39, 0.29) is 18.7 Å². The molecule has 6 N–H and O–H groups in total. The third-order valence-corrected chi connectivity index (χ3v) is 5.40. The van der Waals surface area contributed by atoms with Gasteiger partial charge in [0.05, 0.1) is 30.8 Å². The number of hydrogen-bond acceptors (Lipinski definition) is 7. The molecule has 0 bridgehead atoms. The molecule has 33 heavy (non-hydrogen) atoms. The first-order valence-corrected chi connectivity index (χ1v) is 10.3. The van der Waals surface area contributed by atoms with E-state index in [1.54, 1.807) is 42.5 Å². The standard InChI is InChI=1S/C23H23N5O5/c24-22-15-5-4-14(10-13(15)12-25-22)26-23(33)19(30)11-21(32)28(8-9-29)18-3-1-2-17-16(18)6-7-20(31)27-17/h1-7,10,19,29-30H,8-9,11-12H2,(H2,24,25)(H,26,33)(H,27,31)/t19-/m1/s1. The van der Waals surface area contributed by atoms with Gasteiger partial charge in [-0.05, 0) is 42.0 Å². The largest absolute Gasteiger partial charge is 0.395 e. The predicted molar refractivity (Wildman–Crippen MR) is 124 cm³/mol. The van der Waals surface area contributed by atoms with Crippen LogP contribution in [-0.2, 0) is 16.1 Å². The van der Waals surface area contributed by atoms with E-state index >= 15 is 0 Å². The van der Waals surface area contributed by atoms with Gasteiger partial charge in [0.15, 0.2) is 0 Å². The van der Waals surface area contributed by atoms with Gasteiger partial charge >= 0.3 is 0 Å². The van der Waals surface area contributed by atoms with Crippen LogP contribution >= 0.6 is 0 Å². The van der Waals surface area contributed by atoms with Gasteiger partial charge in [0, 0.05) is 29.2 Å². The van der Waals surface area contributed by atoms with Crippen molar-refractivity contribution < 1.29 is 19.8 Å². The molecule has 2 heterocycles. The molecule has 10 heteroatoms. The number of carbonyl (C=O) groups excluding carboxylic acids is 2. The van der Waals surface area contributed by atoms with Crippen molar-refractivity contribution in [3.63, 3.8) is 0 Å². The van der Waals surface area contributed by atoms with Gasteiger partial charge in [0.25, 0.3) is 5.91 Å². The summed E-state index contributed by atoms with van der Waals surface area (Å²) >= 11 is 0. The van der Waals surface area contributed by atoms with Gasteiger partial charge in [-0.2, -0.15) is 0 Å². The van der Waals surface area contributed by atoms with Gasteiger partial charge in [0.1, 0.15) is 11.9 Å². The molecule has 3 aromatic rings. The number of H-pyrrole nitrogens is 1. The monoisotopic (exact) mass is 449 g/mol. The zero-order valence-corrected chi connectivity index (χ0v) is 17.6. The van der Waals surface area contributed by atoms with Crippen LogP contribution < -0.4 is 21.5 Å². The average Bonchev–Trinajstić information content (AvgIpc) is 3.16. The van der Waals surface area contributed by atoms with Crippen molar-refractivity contribution in [3.8, 4) is 0 Å². The maximum absolute atomic E-state index is 13.0. The number of amidine groups is 1. The molecule has 1 aliphatic rings. The normalized spacial score (nSPS) is 13.3. The average molecular weight is 449 g/mol. The van der Waals surface area contributed by atoms with Crippen LogP contribution in [-0.4, -0.2) is 52.1 Å². The van der Waals surface area contributed by atoms with E-state index in [2.05, 4.69) is 15.3 Å². The van der Waals surface area contributed by atoms with Gasteiger partial charge in [-0.25, -0.2) is 0 Å². The second kappa shape index (κ2) is 9.23. The summed E-state index contributed by atoms with van der Waals surface area (Å²) in [5, 5.41) is 23.1.